The zero-order valence-electron chi connectivity index (χ0n) is 10.1. The third kappa shape index (κ3) is 2.76. The van der Waals surface area contributed by atoms with Crippen molar-refractivity contribution in [2.24, 2.45) is 11.7 Å². The maximum Gasteiger partial charge on any atom is 0.0411 e. The van der Waals surface area contributed by atoms with Crippen molar-refractivity contribution in [1.29, 1.82) is 0 Å². The average Bonchev–Trinajstić information content (AvgIpc) is 2.79. The quantitative estimate of drug-likeness (QED) is 0.815. The summed E-state index contributed by atoms with van der Waals surface area (Å²) in [7, 11) is 0. The van der Waals surface area contributed by atoms with Crippen molar-refractivity contribution in [3.8, 4) is 0 Å². The Morgan fingerprint density at radius 2 is 2.12 bits per heavy atom. The molecule has 1 aliphatic rings. The highest BCUT2D eigenvalue weighted by Crippen LogP contribution is 2.29. The molecule has 3 N–H and O–H groups in total. The van der Waals surface area contributed by atoms with Gasteiger partial charge in [-0.3, -0.25) is 0 Å². The van der Waals surface area contributed by atoms with Gasteiger partial charge in [-0.15, -0.1) is 0 Å². The van der Waals surface area contributed by atoms with Crippen molar-refractivity contribution < 1.29 is 0 Å². The summed E-state index contributed by atoms with van der Waals surface area (Å²) in [5.74, 6) is 0.769. The standard InChI is InChI=1S/C14H22N2/c1-11-5-4-8-13(9-11)16-14(10-15)12-6-2-3-7-12/h4-5,8-9,12,14,16H,2-3,6-7,10,15H2,1H3. The smallest absolute Gasteiger partial charge is 0.0411 e. The van der Waals surface area contributed by atoms with E-state index < -0.39 is 0 Å². The molecule has 1 unspecified atom stereocenters. The molecule has 1 saturated carbocycles. The fourth-order valence-corrected chi connectivity index (χ4v) is 2.68. The molecule has 0 radical (unpaired) electrons. The van der Waals surface area contributed by atoms with Crippen molar-refractivity contribution in [3.63, 3.8) is 0 Å². The lowest BCUT2D eigenvalue weighted by atomic mass is 9.98. The van der Waals surface area contributed by atoms with Crippen LogP contribution in [0.4, 0.5) is 5.69 Å². The summed E-state index contributed by atoms with van der Waals surface area (Å²) < 4.78 is 0. The van der Waals surface area contributed by atoms with E-state index in [1.54, 1.807) is 0 Å². The van der Waals surface area contributed by atoms with Gasteiger partial charge < -0.3 is 11.1 Å². The highest BCUT2D eigenvalue weighted by molar-refractivity contribution is 5.46. The minimum absolute atomic E-state index is 0.448. The van der Waals surface area contributed by atoms with Crippen molar-refractivity contribution in [2.75, 3.05) is 11.9 Å². The van der Waals surface area contributed by atoms with Gasteiger partial charge in [0.1, 0.15) is 0 Å². The molecule has 0 heterocycles. The predicted molar refractivity (Wildman–Crippen MR) is 69.6 cm³/mol. The summed E-state index contributed by atoms with van der Waals surface area (Å²) in [6, 6.07) is 8.99. The molecular weight excluding hydrogens is 196 g/mol. The number of rotatable bonds is 4. The van der Waals surface area contributed by atoms with E-state index in [0.717, 1.165) is 12.5 Å². The van der Waals surface area contributed by atoms with Crippen molar-refractivity contribution in [3.05, 3.63) is 29.8 Å². The SMILES string of the molecule is Cc1cccc(NC(CN)C2CCCC2)c1. The number of nitrogens with two attached hydrogens (primary N) is 1. The van der Waals surface area contributed by atoms with Crippen molar-refractivity contribution >= 4 is 5.69 Å². The van der Waals surface area contributed by atoms with Crippen LogP contribution in [0, 0.1) is 12.8 Å². The van der Waals surface area contributed by atoms with Crippen LogP contribution in [-0.2, 0) is 0 Å². The molecule has 16 heavy (non-hydrogen) atoms. The maximum atomic E-state index is 5.88. The fraction of sp³-hybridized carbons (Fsp3) is 0.571. The van der Waals surface area contributed by atoms with Crippen LogP contribution in [0.3, 0.4) is 0 Å². The molecule has 1 fully saturated rings. The van der Waals surface area contributed by atoms with Crippen LogP contribution >= 0.6 is 0 Å². The molecule has 0 aromatic heterocycles. The van der Waals surface area contributed by atoms with Gasteiger partial charge in [-0.05, 0) is 43.4 Å². The van der Waals surface area contributed by atoms with Gasteiger partial charge >= 0.3 is 0 Å². The summed E-state index contributed by atoms with van der Waals surface area (Å²) >= 11 is 0. The number of hydrogen-bond donors (Lipinski definition) is 2. The van der Waals surface area contributed by atoms with Gasteiger partial charge in [0.25, 0.3) is 0 Å². The molecule has 1 aliphatic carbocycles. The van der Waals surface area contributed by atoms with Gasteiger partial charge in [0.15, 0.2) is 0 Å². The van der Waals surface area contributed by atoms with E-state index in [0.29, 0.717) is 6.04 Å². The number of nitrogens with one attached hydrogen (secondary N) is 1. The van der Waals surface area contributed by atoms with Crippen LogP contribution in [0.1, 0.15) is 31.2 Å². The van der Waals surface area contributed by atoms with Crippen LogP contribution in [0.15, 0.2) is 24.3 Å². The molecule has 2 nitrogen and oxygen atoms in total. The van der Waals surface area contributed by atoms with Crippen LogP contribution in [-0.4, -0.2) is 12.6 Å². The molecule has 0 bridgehead atoms. The molecule has 0 saturated heterocycles. The average molecular weight is 218 g/mol. The summed E-state index contributed by atoms with van der Waals surface area (Å²) in [6.45, 7) is 2.86. The van der Waals surface area contributed by atoms with Gasteiger partial charge in [-0.25, -0.2) is 0 Å². The van der Waals surface area contributed by atoms with E-state index in [9.17, 15) is 0 Å². The molecule has 1 aromatic carbocycles. The van der Waals surface area contributed by atoms with Crippen LogP contribution in [0.25, 0.3) is 0 Å². The highest BCUT2D eigenvalue weighted by Gasteiger charge is 2.23. The van der Waals surface area contributed by atoms with Gasteiger partial charge in [0.2, 0.25) is 0 Å². The molecule has 88 valence electrons. The largest absolute Gasteiger partial charge is 0.381 e. The second-order valence-corrected chi connectivity index (χ2v) is 4.90. The first-order valence-corrected chi connectivity index (χ1v) is 6.33. The van der Waals surface area contributed by atoms with Crippen molar-refractivity contribution in [2.45, 2.75) is 38.6 Å². The Bertz CT molecular complexity index is 329. The minimum atomic E-state index is 0.448. The lowest BCUT2D eigenvalue weighted by molar-refractivity contribution is 0.462. The third-order valence-corrected chi connectivity index (χ3v) is 3.59. The van der Waals surface area contributed by atoms with E-state index in [1.165, 1.54) is 36.9 Å². The van der Waals surface area contributed by atoms with E-state index in [1.807, 2.05) is 0 Å². The van der Waals surface area contributed by atoms with Crippen molar-refractivity contribution in [1.82, 2.24) is 0 Å². The Balaban J connectivity index is 2.00. The van der Waals surface area contributed by atoms with Gasteiger partial charge in [-0.1, -0.05) is 25.0 Å². The molecule has 0 amide bonds. The Labute approximate surface area is 98.2 Å². The Hall–Kier alpha value is -1.02. The normalized spacial score (nSPS) is 18.6. The number of hydrogen-bond acceptors (Lipinski definition) is 2. The summed E-state index contributed by atoms with van der Waals surface area (Å²) in [5.41, 5.74) is 8.38. The molecule has 0 spiro atoms. The van der Waals surface area contributed by atoms with Gasteiger partial charge in [0, 0.05) is 18.3 Å². The zero-order valence-corrected chi connectivity index (χ0v) is 10.1. The second-order valence-electron chi connectivity index (χ2n) is 4.90. The molecule has 1 atom stereocenters. The second kappa shape index (κ2) is 5.35. The van der Waals surface area contributed by atoms with Crippen LogP contribution in [0.2, 0.25) is 0 Å². The summed E-state index contributed by atoms with van der Waals surface area (Å²) in [4.78, 5) is 0. The third-order valence-electron chi connectivity index (χ3n) is 3.59. The first-order valence-electron chi connectivity index (χ1n) is 6.33. The monoisotopic (exact) mass is 218 g/mol. The van der Waals surface area contributed by atoms with E-state index in [2.05, 4.69) is 36.5 Å². The number of anilines is 1. The van der Waals surface area contributed by atoms with E-state index in [-0.39, 0.29) is 0 Å². The lowest BCUT2D eigenvalue weighted by Gasteiger charge is -2.24. The van der Waals surface area contributed by atoms with Crippen LogP contribution < -0.4 is 11.1 Å². The molecular formula is C14H22N2. The zero-order chi connectivity index (χ0) is 11.4. The molecule has 2 heteroatoms. The maximum absolute atomic E-state index is 5.88. The van der Waals surface area contributed by atoms with Crippen LogP contribution in [0.5, 0.6) is 0 Å². The first kappa shape index (κ1) is 11.5. The van der Waals surface area contributed by atoms with E-state index >= 15 is 0 Å². The predicted octanol–water partition coefficient (Wildman–Crippen LogP) is 2.92. The fourth-order valence-electron chi connectivity index (χ4n) is 2.68. The highest BCUT2D eigenvalue weighted by atomic mass is 14.9. The Morgan fingerprint density at radius 3 is 2.75 bits per heavy atom. The minimum Gasteiger partial charge on any atom is -0.381 e. The first-order chi connectivity index (χ1) is 7.79. The molecule has 1 aromatic rings. The summed E-state index contributed by atoms with van der Waals surface area (Å²) in [6.07, 6.45) is 5.41. The lowest BCUT2D eigenvalue weighted by Crippen LogP contribution is -2.35. The Morgan fingerprint density at radius 1 is 1.38 bits per heavy atom. The molecule has 0 aliphatic heterocycles. The molecule has 2 rings (SSSR count). The Kier molecular flexibility index (Phi) is 3.83. The van der Waals surface area contributed by atoms with E-state index in [4.69, 9.17) is 5.73 Å². The van der Waals surface area contributed by atoms with Gasteiger partial charge in [0.05, 0.1) is 0 Å². The number of benzene rings is 1. The number of aryl methyl sites for hydroxylation is 1. The topological polar surface area (TPSA) is 38.0 Å². The summed E-state index contributed by atoms with van der Waals surface area (Å²) in [5, 5.41) is 3.59. The van der Waals surface area contributed by atoms with Gasteiger partial charge in [-0.2, -0.15) is 0 Å².